The van der Waals surface area contributed by atoms with E-state index in [2.05, 4.69) is 20.8 Å². The SMILES string of the molecule is CC1(C)CC[C@H](O)[C@]2(C)C1CCC[C@@]2(C)O. The maximum atomic E-state index is 10.7. The van der Waals surface area contributed by atoms with E-state index in [1.54, 1.807) is 0 Å². The van der Waals surface area contributed by atoms with Gasteiger partial charge in [0.1, 0.15) is 0 Å². The van der Waals surface area contributed by atoms with E-state index in [0.29, 0.717) is 5.92 Å². The van der Waals surface area contributed by atoms with Gasteiger partial charge in [-0.2, -0.15) is 0 Å². The van der Waals surface area contributed by atoms with Crippen molar-refractivity contribution >= 4 is 0 Å². The van der Waals surface area contributed by atoms with Crippen molar-refractivity contribution in [3.05, 3.63) is 0 Å². The van der Waals surface area contributed by atoms with E-state index in [-0.39, 0.29) is 16.9 Å². The maximum absolute atomic E-state index is 10.7. The first-order chi connectivity index (χ1) is 7.22. The van der Waals surface area contributed by atoms with Crippen LogP contribution in [0.4, 0.5) is 0 Å². The standard InChI is InChI=1S/C14H26O2/c1-12(2)9-7-11(15)14(4)10(12)6-5-8-13(14,3)16/h10-11,15-16H,5-9H2,1-4H3/t10?,11-,13+,14-/m0/s1. The average Bonchev–Trinajstić information content (AvgIpc) is 2.16. The quantitative estimate of drug-likeness (QED) is 0.667. The fraction of sp³-hybridized carbons (Fsp3) is 1.00. The Hall–Kier alpha value is -0.0800. The molecule has 0 heterocycles. The molecule has 0 saturated heterocycles. The van der Waals surface area contributed by atoms with Crippen LogP contribution >= 0.6 is 0 Å². The lowest BCUT2D eigenvalue weighted by Crippen LogP contribution is -2.63. The Balaban J connectivity index is 2.43. The number of aliphatic hydroxyl groups excluding tert-OH is 1. The largest absolute Gasteiger partial charge is 0.392 e. The van der Waals surface area contributed by atoms with Crippen LogP contribution in [0.1, 0.15) is 59.8 Å². The molecule has 94 valence electrons. The minimum Gasteiger partial charge on any atom is -0.392 e. The highest BCUT2D eigenvalue weighted by Crippen LogP contribution is 2.60. The number of rotatable bonds is 0. The van der Waals surface area contributed by atoms with Crippen LogP contribution in [0.15, 0.2) is 0 Å². The summed E-state index contributed by atoms with van der Waals surface area (Å²) < 4.78 is 0. The lowest BCUT2D eigenvalue weighted by molar-refractivity contribution is -0.222. The molecular formula is C14H26O2. The van der Waals surface area contributed by atoms with Crippen LogP contribution in [-0.4, -0.2) is 21.9 Å². The van der Waals surface area contributed by atoms with Gasteiger partial charge in [0.25, 0.3) is 0 Å². The van der Waals surface area contributed by atoms with Gasteiger partial charge in [-0.25, -0.2) is 0 Å². The molecule has 2 rings (SSSR count). The molecule has 2 fully saturated rings. The van der Waals surface area contributed by atoms with Gasteiger partial charge in [-0.1, -0.05) is 27.2 Å². The van der Waals surface area contributed by atoms with Crippen LogP contribution in [0.3, 0.4) is 0 Å². The molecule has 2 aliphatic rings. The number of hydrogen-bond acceptors (Lipinski definition) is 2. The highest BCUT2D eigenvalue weighted by molar-refractivity contribution is 5.10. The third kappa shape index (κ3) is 1.46. The minimum absolute atomic E-state index is 0.248. The van der Waals surface area contributed by atoms with Gasteiger partial charge in [0.05, 0.1) is 11.7 Å². The zero-order chi connectivity index (χ0) is 12.2. The first-order valence-electron chi connectivity index (χ1n) is 6.62. The first-order valence-corrected chi connectivity index (χ1v) is 6.62. The van der Waals surface area contributed by atoms with Crippen LogP contribution in [0.5, 0.6) is 0 Å². The van der Waals surface area contributed by atoms with E-state index < -0.39 is 5.60 Å². The molecule has 0 aromatic heterocycles. The summed E-state index contributed by atoms with van der Waals surface area (Å²) in [6.07, 6.45) is 4.62. The molecule has 0 aromatic carbocycles. The minimum atomic E-state index is -0.715. The molecule has 4 atom stereocenters. The van der Waals surface area contributed by atoms with E-state index in [0.717, 1.165) is 32.1 Å². The van der Waals surface area contributed by atoms with Gasteiger partial charge >= 0.3 is 0 Å². The Morgan fingerprint density at radius 1 is 1.00 bits per heavy atom. The van der Waals surface area contributed by atoms with E-state index >= 15 is 0 Å². The van der Waals surface area contributed by atoms with E-state index in [4.69, 9.17) is 0 Å². The highest BCUT2D eigenvalue weighted by Gasteiger charge is 2.60. The second-order valence-corrected chi connectivity index (χ2v) is 7.04. The van der Waals surface area contributed by atoms with E-state index in [1.165, 1.54) is 0 Å². The van der Waals surface area contributed by atoms with Crippen molar-refractivity contribution in [2.75, 3.05) is 0 Å². The van der Waals surface area contributed by atoms with Crippen molar-refractivity contribution in [3.8, 4) is 0 Å². The van der Waals surface area contributed by atoms with Crippen molar-refractivity contribution in [1.29, 1.82) is 0 Å². The van der Waals surface area contributed by atoms with Gasteiger partial charge < -0.3 is 10.2 Å². The molecule has 2 saturated carbocycles. The second kappa shape index (κ2) is 3.46. The van der Waals surface area contributed by atoms with Gasteiger partial charge in [0.2, 0.25) is 0 Å². The normalized spacial score (nSPS) is 52.1. The van der Waals surface area contributed by atoms with Gasteiger partial charge in [-0.15, -0.1) is 0 Å². The molecule has 2 N–H and O–H groups in total. The summed E-state index contributed by atoms with van der Waals surface area (Å²) in [5, 5.41) is 21.0. The van der Waals surface area contributed by atoms with E-state index in [9.17, 15) is 10.2 Å². The van der Waals surface area contributed by atoms with Crippen LogP contribution in [0.25, 0.3) is 0 Å². The van der Waals surface area contributed by atoms with Crippen molar-refractivity contribution in [3.63, 3.8) is 0 Å². The molecule has 0 bridgehead atoms. The van der Waals surface area contributed by atoms with Crippen molar-refractivity contribution in [1.82, 2.24) is 0 Å². The summed E-state index contributed by atoms with van der Waals surface area (Å²) in [7, 11) is 0. The van der Waals surface area contributed by atoms with Gasteiger partial charge in [-0.05, 0) is 43.9 Å². The predicted octanol–water partition coefficient (Wildman–Crippen LogP) is 2.72. The summed E-state index contributed by atoms with van der Waals surface area (Å²) in [5.74, 6) is 0.438. The van der Waals surface area contributed by atoms with Crippen LogP contribution in [-0.2, 0) is 0 Å². The van der Waals surface area contributed by atoms with Crippen LogP contribution in [0, 0.1) is 16.7 Å². The smallest absolute Gasteiger partial charge is 0.0700 e. The Morgan fingerprint density at radius 3 is 2.19 bits per heavy atom. The lowest BCUT2D eigenvalue weighted by atomic mass is 9.46. The fourth-order valence-electron chi connectivity index (χ4n) is 4.37. The van der Waals surface area contributed by atoms with Crippen molar-refractivity contribution < 1.29 is 10.2 Å². The Labute approximate surface area is 99.1 Å². The molecule has 0 spiro atoms. The molecule has 0 aromatic rings. The van der Waals surface area contributed by atoms with Crippen LogP contribution < -0.4 is 0 Å². The summed E-state index contributed by atoms with van der Waals surface area (Å²) in [6, 6.07) is 0. The molecule has 0 aliphatic heterocycles. The van der Waals surface area contributed by atoms with Gasteiger partial charge in [0, 0.05) is 5.41 Å². The molecule has 0 radical (unpaired) electrons. The highest BCUT2D eigenvalue weighted by atomic mass is 16.3. The van der Waals surface area contributed by atoms with Gasteiger partial charge in [0.15, 0.2) is 0 Å². The summed E-state index contributed by atoms with van der Waals surface area (Å²) in [5.41, 5.74) is -0.793. The summed E-state index contributed by atoms with van der Waals surface area (Å²) in [4.78, 5) is 0. The Bertz CT molecular complexity index is 282. The predicted molar refractivity (Wildman–Crippen MR) is 65.1 cm³/mol. The fourth-order valence-corrected chi connectivity index (χ4v) is 4.37. The van der Waals surface area contributed by atoms with Crippen LogP contribution in [0.2, 0.25) is 0 Å². The molecule has 0 amide bonds. The first kappa shape index (κ1) is 12.4. The third-order valence-electron chi connectivity index (χ3n) is 5.74. The second-order valence-electron chi connectivity index (χ2n) is 7.04. The molecule has 2 heteroatoms. The number of hydrogen-bond donors (Lipinski definition) is 2. The molecule has 1 unspecified atom stereocenters. The molecular weight excluding hydrogens is 200 g/mol. The summed E-state index contributed by atoms with van der Waals surface area (Å²) >= 11 is 0. The Morgan fingerprint density at radius 2 is 1.62 bits per heavy atom. The zero-order valence-corrected chi connectivity index (χ0v) is 11.1. The zero-order valence-electron chi connectivity index (χ0n) is 11.1. The van der Waals surface area contributed by atoms with E-state index in [1.807, 2.05) is 6.92 Å². The number of fused-ring (bicyclic) bond motifs is 1. The summed E-state index contributed by atoms with van der Waals surface area (Å²) in [6.45, 7) is 8.61. The number of aliphatic hydroxyl groups is 2. The van der Waals surface area contributed by atoms with Crippen molar-refractivity contribution in [2.24, 2.45) is 16.7 Å². The molecule has 2 aliphatic carbocycles. The monoisotopic (exact) mass is 226 g/mol. The topological polar surface area (TPSA) is 40.5 Å². The Kier molecular flexibility index (Phi) is 2.67. The average molecular weight is 226 g/mol. The lowest BCUT2D eigenvalue weighted by Gasteiger charge is -2.61. The molecule has 2 nitrogen and oxygen atoms in total. The maximum Gasteiger partial charge on any atom is 0.0700 e. The third-order valence-corrected chi connectivity index (χ3v) is 5.74. The van der Waals surface area contributed by atoms with Gasteiger partial charge in [-0.3, -0.25) is 0 Å². The molecule has 16 heavy (non-hydrogen) atoms. The van der Waals surface area contributed by atoms with Crippen molar-refractivity contribution in [2.45, 2.75) is 71.5 Å².